The predicted octanol–water partition coefficient (Wildman–Crippen LogP) is 2.15. The van der Waals surface area contributed by atoms with Gasteiger partial charge in [-0.1, -0.05) is 13.8 Å². The lowest BCUT2D eigenvalue weighted by molar-refractivity contribution is -0.385. The number of non-ortho nitro benzene ring substituents is 1. The van der Waals surface area contributed by atoms with Crippen LogP contribution in [-0.4, -0.2) is 41.1 Å². The molecule has 0 saturated carbocycles. The molecule has 0 saturated heterocycles. The van der Waals surface area contributed by atoms with Crippen LogP contribution in [0.1, 0.15) is 19.4 Å². The SMILES string of the molecule is CCN(Cc1cc([N+](=O)[O-])ccc1OC)CC(C)C(=O)O. The van der Waals surface area contributed by atoms with E-state index in [0.717, 1.165) is 0 Å². The average Bonchev–Trinajstić information content (AvgIpc) is 2.45. The van der Waals surface area contributed by atoms with Crippen LogP contribution in [0.25, 0.3) is 0 Å². The Hall–Kier alpha value is -2.15. The number of hydrogen-bond acceptors (Lipinski definition) is 5. The van der Waals surface area contributed by atoms with Gasteiger partial charge in [-0.25, -0.2) is 0 Å². The van der Waals surface area contributed by atoms with Gasteiger partial charge >= 0.3 is 5.97 Å². The van der Waals surface area contributed by atoms with Crippen molar-refractivity contribution >= 4 is 11.7 Å². The highest BCUT2D eigenvalue weighted by molar-refractivity contribution is 5.69. The fourth-order valence-electron chi connectivity index (χ4n) is 2.01. The van der Waals surface area contributed by atoms with Crippen LogP contribution < -0.4 is 4.74 Å². The zero-order chi connectivity index (χ0) is 16.0. The fourth-order valence-corrected chi connectivity index (χ4v) is 2.01. The van der Waals surface area contributed by atoms with Crippen molar-refractivity contribution in [3.63, 3.8) is 0 Å². The number of carbonyl (C=O) groups is 1. The van der Waals surface area contributed by atoms with Crippen molar-refractivity contribution in [2.45, 2.75) is 20.4 Å². The molecule has 21 heavy (non-hydrogen) atoms. The van der Waals surface area contributed by atoms with Crippen molar-refractivity contribution in [3.05, 3.63) is 33.9 Å². The van der Waals surface area contributed by atoms with Gasteiger partial charge in [0.2, 0.25) is 0 Å². The summed E-state index contributed by atoms with van der Waals surface area (Å²) in [4.78, 5) is 23.2. The van der Waals surface area contributed by atoms with Gasteiger partial charge in [0.1, 0.15) is 5.75 Å². The Bertz CT molecular complexity index is 518. The lowest BCUT2D eigenvalue weighted by atomic mass is 10.1. The molecule has 0 aliphatic heterocycles. The highest BCUT2D eigenvalue weighted by Gasteiger charge is 2.18. The van der Waals surface area contributed by atoms with Crippen LogP contribution in [0.15, 0.2) is 18.2 Å². The second-order valence-corrected chi connectivity index (χ2v) is 4.82. The van der Waals surface area contributed by atoms with E-state index in [4.69, 9.17) is 9.84 Å². The van der Waals surface area contributed by atoms with Crippen molar-refractivity contribution in [1.82, 2.24) is 4.90 Å². The highest BCUT2D eigenvalue weighted by Crippen LogP contribution is 2.25. The first-order valence-electron chi connectivity index (χ1n) is 6.65. The van der Waals surface area contributed by atoms with Gasteiger partial charge in [0.05, 0.1) is 18.0 Å². The quantitative estimate of drug-likeness (QED) is 0.583. The first-order valence-corrected chi connectivity index (χ1v) is 6.65. The van der Waals surface area contributed by atoms with Crippen LogP contribution >= 0.6 is 0 Å². The number of ether oxygens (including phenoxy) is 1. The molecule has 0 aromatic heterocycles. The normalized spacial score (nSPS) is 12.2. The maximum atomic E-state index is 10.9. The Kier molecular flexibility index (Phi) is 6.10. The molecule has 7 heteroatoms. The Morgan fingerprint density at radius 1 is 1.52 bits per heavy atom. The van der Waals surface area contributed by atoms with Gasteiger partial charge in [0.25, 0.3) is 5.69 Å². The molecule has 0 amide bonds. The molecular formula is C14H20N2O5. The molecule has 1 N–H and O–H groups in total. The summed E-state index contributed by atoms with van der Waals surface area (Å²) >= 11 is 0. The molecule has 1 rings (SSSR count). The molecule has 1 aromatic carbocycles. The molecule has 7 nitrogen and oxygen atoms in total. The summed E-state index contributed by atoms with van der Waals surface area (Å²) in [5, 5.41) is 19.8. The number of carboxylic acid groups (broad SMARTS) is 1. The number of nitrogens with zero attached hydrogens (tertiary/aromatic N) is 2. The third-order valence-corrected chi connectivity index (χ3v) is 3.27. The van der Waals surface area contributed by atoms with Crippen LogP contribution in [0.2, 0.25) is 0 Å². The topological polar surface area (TPSA) is 92.9 Å². The minimum Gasteiger partial charge on any atom is -0.496 e. The minimum absolute atomic E-state index is 0.00636. The number of carboxylic acids is 1. The summed E-state index contributed by atoms with van der Waals surface area (Å²) in [6.07, 6.45) is 0. The Morgan fingerprint density at radius 2 is 2.19 bits per heavy atom. The maximum absolute atomic E-state index is 10.9. The van der Waals surface area contributed by atoms with E-state index in [9.17, 15) is 14.9 Å². The summed E-state index contributed by atoms with van der Waals surface area (Å²) in [6.45, 7) is 4.97. The van der Waals surface area contributed by atoms with E-state index in [2.05, 4.69) is 0 Å². The number of nitro benzene ring substituents is 1. The smallest absolute Gasteiger partial charge is 0.307 e. The largest absolute Gasteiger partial charge is 0.496 e. The molecular weight excluding hydrogens is 276 g/mol. The van der Waals surface area contributed by atoms with Crippen LogP contribution in [0, 0.1) is 16.0 Å². The van der Waals surface area contributed by atoms with E-state index in [1.165, 1.54) is 19.2 Å². The van der Waals surface area contributed by atoms with Gasteiger partial charge in [0, 0.05) is 30.8 Å². The summed E-state index contributed by atoms with van der Waals surface area (Å²) in [5.74, 6) is -0.809. The van der Waals surface area contributed by atoms with Gasteiger partial charge in [-0.05, 0) is 12.6 Å². The molecule has 0 bridgehead atoms. The Labute approximate surface area is 123 Å². The number of rotatable bonds is 8. The Morgan fingerprint density at radius 3 is 2.67 bits per heavy atom. The molecule has 1 atom stereocenters. The van der Waals surface area contributed by atoms with Crippen molar-refractivity contribution in [2.75, 3.05) is 20.2 Å². The minimum atomic E-state index is -0.862. The molecule has 0 radical (unpaired) electrons. The zero-order valence-electron chi connectivity index (χ0n) is 12.4. The van der Waals surface area contributed by atoms with Gasteiger partial charge in [-0.15, -0.1) is 0 Å². The fraction of sp³-hybridized carbons (Fsp3) is 0.500. The van der Waals surface area contributed by atoms with E-state index < -0.39 is 16.8 Å². The lowest BCUT2D eigenvalue weighted by Crippen LogP contribution is -2.31. The van der Waals surface area contributed by atoms with Crippen molar-refractivity contribution < 1.29 is 19.6 Å². The summed E-state index contributed by atoms with van der Waals surface area (Å²) in [6, 6.07) is 4.41. The molecule has 1 aromatic rings. The van der Waals surface area contributed by atoms with E-state index in [0.29, 0.717) is 30.9 Å². The van der Waals surface area contributed by atoms with Crippen LogP contribution in [0.3, 0.4) is 0 Å². The molecule has 1 unspecified atom stereocenters. The molecule has 0 spiro atoms. The first-order chi connectivity index (χ1) is 9.88. The van der Waals surface area contributed by atoms with E-state index in [1.807, 2.05) is 11.8 Å². The predicted molar refractivity (Wildman–Crippen MR) is 77.4 cm³/mol. The molecule has 0 aliphatic carbocycles. The lowest BCUT2D eigenvalue weighted by Gasteiger charge is -2.23. The van der Waals surface area contributed by atoms with E-state index in [-0.39, 0.29) is 5.69 Å². The van der Waals surface area contributed by atoms with Crippen LogP contribution in [0.4, 0.5) is 5.69 Å². The monoisotopic (exact) mass is 296 g/mol. The standard InChI is InChI=1S/C14H20N2O5/c1-4-15(8-10(2)14(17)18)9-11-7-12(16(19)20)5-6-13(11)21-3/h5-7,10H,4,8-9H2,1-3H3,(H,17,18). The zero-order valence-corrected chi connectivity index (χ0v) is 12.4. The molecule has 0 aliphatic rings. The molecule has 0 heterocycles. The third-order valence-electron chi connectivity index (χ3n) is 3.27. The van der Waals surface area contributed by atoms with Crippen molar-refractivity contribution in [2.24, 2.45) is 5.92 Å². The summed E-state index contributed by atoms with van der Waals surface area (Å²) in [7, 11) is 1.50. The van der Waals surface area contributed by atoms with E-state index in [1.54, 1.807) is 13.0 Å². The number of nitro groups is 1. The first kappa shape index (κ1) is 16.9. The highest BCUT2D eigenvalue weighted by atomic mass is 16.6. The van der Waals surface area contributed by atoms with Crippen molar-refractivity contribution in [3.8, 4) is 5.75 Å². The van der Waals surface area contributed by atoms with Gasteiger partial charge < -0.3 is 9.84 Å². The average molecular weight is 296 g/mol. The van der Waals surface area contributed by atoms with Crippen molar-refractivity contribution in [1.29, 1.82) is 0 Å². The van der Waals surface area contributed by atoms with Gasteiger partial charge in [0.15, 0.2) is 0 Å². The Balaban J connectivity index is 2.94. The van der Waals surface area contributed by atoms with E-state index >= 15 is 0 Å². The van der Waals surface area contributed by atoms with Crippen LogP contribution in [0.5, 0.6) is 5.75 Å². The molecule has 0 fully saturated rings. The second kappa shape index (κ2) is 7.58. The van der Waals surface area contributed by atoms with Crippen LogP contribution in [-0.2, 0) is 11.3 Å². The third kappa shape index (κ3) is 4.71. The summed E-state index contributed by atoms with van der Waals surface area (Å²) in [5.41, 5.74) is 0.666. The van der Waals surface area contributed by atoms with Gasteiger partial charge in [-0.3, -0.25) is 19.8 Å². The summed E-state index contributed by atoms with van der Waals surface area (Å²) < 4.78 is 5.21. The second-order valence-electron chi connectivity index (χ2n) is 4.82. The van der Waals surface area contributed by atoms with Gasteiger partial charge in [-0.2, -0.15) is 0 Å². The number of aliphatic carboxylic acids is 1. The number of hydrogen-bond donors (Lipinski definition) is 1. The molecule has 116 valence electrons. The maximum Gasteiger partial charge on any atom is 0.307 e. The number of methoxy groups -OCH3 is 1. The number of benzene rings is 1.